The number of rotatable bonds is 3. The number of amides is 2. The zero-order chi connectivity index (χ0) is 16.6. The van der Waals surface area contributed by atoms with Gasteiger partial charge in [-0.3, -0.25) is 14.9 Å². The van der Waals surface area contributed by atoms with Gasteiger partial charge in [0.15, 0.2) is 5.13 Å². The van der Waals surface area contributed by atoms with E-state index in [4.69, 9.17) is 0 Å². The fourth-order valence-corrected chi connectivity index (χ4v) is 3.50. The van der Waals surface area contributed by atoms with Crippen LogP contribution in [0, 0.1) is 13.8 Å². The third kappa shape index (κ3) is 2.99. The third-order valence-electron chi connectivity index (χ3n) is 4.09. The molecule has 0 spiro atoms. The summed E-state index contributed by atoms with van der Waals surface area (Å²) in [5.41, 5.74) is 3.51. The average molecular weight is 329 g/mol. The summed E-state index contributed by atoms with van der Waals surface area (Å²) in [6, 6.07) is 5.51. The van der Waals surface area contributed by atoms with Crippen molar-refractivity contribution in [1.29, 1.82) is 0 Å². The van der Waals surface area contributed by atoms with Crippen LogP contribution in [0.3, 0.4) is 0 Å². The highest BCUT2D eigenvalue weighted by Crippen LogP contribution is 2.30. The summed E-state index contributed by atoms with van der Waals surface area (Å²) < 4.78 is 0. The Morgan fingerprint density at radius 2 is 2.13 bits per heavy atom. The van der Waals surface area contributed by atoms with Gasteiger partial charge in [-0.1, -0.05) is 6.92 Å². The molecule has 23 heavy (non-hydrogen) atoms. The molecule has 0 atom stereocenters. The molecule has 0 saturated carbocycles. The van der Waals surface area contributed by atoms with E-state index in [-0.39, 0.29) is 11.8 Å². The number of carbonyl (C=O) groups is 2. The van der Waals surface area contributed by atoms with Crippen LogP contribution in [-0.2, 0) is 11.2 Å². The van der Waals surface area contributed by atoms with E-state index in [1.165, 1.54) is 11.3 Å². The topological polar surface area (TPSA) is 62.3 Å². The monoisotopic (exact) mass is 329 g/mol. The molecule has 1 aliphatic rings. The molecule has 2 heterocycles. The first kappa shape index (κ1) is 15.7. The molecule has 5 nitrogen and oxygen atoms in total. The molecule has 0 aliphatic carbocycles. The summed E-state index contributed by atoms with van der Waals surface area (Å²) in [5.74, 6) is -0.0449. The third-order valence-corrected chi connectivity index (χ3v) is 5.08. The smallest absolute Gasteiger partial charge is 0.257 e. The van der Waals surface area contributed by atoms with Crippen LogP contribution < -0.4 is 10.2 Å². The molecule has 0 saturated heterocycles. The van der Waals surface area contributed by atoms with Crippen LogP contribution in [-0.4, -0.2) is 23.3 Å². The minimum absolute atomic E-state index is 0.120. The van der Waals surface area contributed by atoms with Gasteiger partial charge in [-0.05, 0) is 44.0 Å². The number of hydrogen-bond donors (Lipinski definition) is 1. The molecule has 1 aromatic carbocycles. The van der Waals surface area contributed by atoms with Gasteiger partial charge >= 0.3 is 0 Å². The van der Waals surface area contributed by atoms with Crippen molar-refractivity contribution in [3.8, 4) is 0 Å². The number of carbonyl (C=O) groups excluding carboxylic acids is 2. The lowest BCUT2D eigenvalue weighted by Gasteiger charge is -2.16. The molecule has 3 rings (SSSR count). The number of hydrogen-bond acceptors (Lipinski definition) is 4. The molecule has 0 bridgehead atoms. The van der Waals surface area contributed by atoms with Gasteiger partial charge in [-0.15, -0.1) is 11.3 Å². The Kier molecular flexibility index (Phi) is 4.17. The van der Waals surface area contributed by atoms with Gasteiger partial charge in [0.25, 0.3) is 5.91 Å². The predicted octanol–water partition coefficient (Wildman–Crippen LogP) is 3.31. The second-order valence-electron chi connectivity index (χ2n) is 5.61. The van der Waals surface area contributed by atoms with Crippen LogP contribution in [0.5, 0.6) is 0 Å². The Labute approximate surface area is 139 Å². The van der Waals surface area contributed by atoms with Crippen LogP contribution in [0.15, 0.2) is 18.2 Å². The van der Waals surface area contributed by atoms with Crippen molar-refractivity contribution in [2.75, 3.05) is 16.8 Å². The quantitative estimate of drug-likeness (QED) is 0.939. The second-order valence-corrected chi connectivity index (χ2v) is 6.81. The normalized spacial score (nSPS) is 13.1. The molecule has 0 unspecified atom stereocenters. The summed E-state index contributed by atoms with van der Waals surface area (Å²) in [4.78, 5) is 31.5. The van der Waals surface area contributed by atoms with E-state index in [0.29, 0.717) is 23.7 Å². The maximum Gasteiger partial charge on any atom is 0.257 e. The van der Waals surface area contributed by atoms with Gasteiger partial charge in [-0.2, -0.15) is 0 Å². The van der Waals surface area contributed by atoms with Crippen molar-refractivity contribution in [3.63, 3.8) is 0 Å². The fraction of sp³-hybridized carbons (Fsp3) is 0.353. The Morgan fingerprint density at radius 1 is 1.35 bits per heavy atom. The minimum atomic E-state index is -0.165. The molecule has 1 aromatic heterocycles. The van der Waals surface area contributed by atoms with Crippen molar-refractivity contribution < 1.29 is 9.59 Å². The van der Waals surface area contributed by atoms with Gasteiger partial charge in [0.2, 0.25) is 5.91 Å². The molecular weight excluding hydrogens is 310 g/mol. The van der Waals surface area contributed by atoms with E-state index in [9.17, 15) is 9.59 Å². The molecular formula is C17H19N3O2S. The second kappa shape index (κ2) is 6.12. The molecule has 6 heteroatoms. The Balaban J connectivity index is 1.79. The Morgan fingerprint density at radius 3 is 2.78 bits per heavy atom. The maximum absolute atomic E-state index is 12.4. The molecule has 2 amide bonds. The van der Waals surface area contributed by atoms with E-state index in [2.05, 4.69) is 10.3 Å². The first-order valence-corrected chi connectivity index (χ1v) is 8.50. The first-order valence-electron chi connectivity index (χ1n) is 7.68. The average Bonchev–Trinajstić information content (AvgIpc) is 3.09. The number of nitrogens with one attached hydrogen (secondary N) is 1. The largest absolute Gasteiger partial charge is 0.312 e. The van der Waals surface area contributed by atoms with Gasteiger partial charge in [-0.25, -0.2) is 4.98 Å². The lowest BCUT2D eigenvalue weighted by atomic mass is 10.1. The Bertz CT molecular complexity index is 763. The number of benzene rings is 1. The van der Waals surface area contributed by atoms with Crippen molar-refractivity contribution in [2.45, 2.75) is 33.6 Å². The minimum Gasteiger partial charge on any atom is -0.312 e. The van der Waals surface area contributed by atoms with Crippen molar-refractivity contribution >= 4 is 34.0 Å². The van der Waals surface area contributed by atoms with E-state index in [1.54, 1.807) is 11.0 Å². The summed E-state index contributed by atoms with van der Waals surface area (Å²) in [5, 5.41) is 3.46. The van der Waals surface area contributed by atoms with Crippen LogP contribution in [0.25, 0.3) is 0 Å². The Hall–Kier alpha value is -2.21. The summed E-state index contributed by atoms with van der Waals surface area (Å²) in [6.45, 7) is 6.46. The molecule has 1 aliphatic heterocycles. The number of nitrogens with zero attached hydrogens (tertiary/aromatic N) is 2. The summed E-state index contributed by atoms with van der Waals surface area (Å²) in [6.07, 6.45) is 1.28. The molecule has 0 radical (unpaired) electrons. The van der Waals surface area contributed by atoms with Gasteiger partial charge in [0.1, 0.15) is 0 Å². The number of fused-ring (bicyclic) bond motifs is 1. The number of aryl methyl sites for hydroxylation is 2. The maximum atomic E-state index is 12.4. The highest BCUT2D eigenvalue weighted by Gasteiger charge is 2.24. The van der Waals surface area contributed by atoms with E-state index in [1.807, 2.05) is 32.9 Å². The fourth-order valence-electron chi connectivity index (χ4n) is 2.69. The zero-order valence-electron chi connectivity index (χ0n) is 13.5. The molecule has 120 valence electrons. The van der Waals surface area contributed by atoms with Crippen LogP contribution in [0.2, 0.25) is 0 Å². The SMILES string of the molecule is CCC(=O)N1CCc2cc(C(=O)Nc3nc(C)c(C)s3)ccc21. The van der Waals surface area contributed by atoms with Gasteiger partial charge in [0.05, 0.1) is 5.69 Å². The number of anilines is 2. The summed E-state index contributed by atoms with van der Waals surface area (Å²) >= 11 is 1.47. The predicted molar refractivity (Wildman–Crippen MR) is 92.3 cm³/mol. The van der Waals surface area contributed by atoms with Crippen molar-refractivity contribution in [2.24, 2.45) is 0 Å². The first-order chi connectivity index (χ1) is 11.0. The van der Waals surface area contributed by atoms with Crippen LogP contribution in [0.1, 0.15) is 39.8 Å². The molecule has 2 aromatic rings. The highest BCUT2D eigenvalue weighted by molar-refractivity contribution is 7.15. The zero-order valence-corrected chi connectivity index (χ0v) is 14.3. The highest BCUT2D eigenvalue weighted by atomic mass is 32.1. The van der Waals surface area contributed by atoms with Gasteiger partial charge in [0, 0.05) is 29.1 Å². The lowest BCUT2D eigenvalue weighted by molar-refractivity contribution is -0.118. The van der Waals surface area contributed by atoms with Crippen molar-refractivity contribution in [1.82, 2.24) is 4.98 Å². The van der Waals surface area contributed by atoms with E-state index < -0.39 is 0 Å². The van der Waals surface area contributed by atoms with Gasteiger partial charge < -0.3 is 4.90 Å². The van der Waals surface area contributed by atoms with Crippen molar-refractivity contribution in [3.05, 3.63) is 39.9 Å². The lowest BCUT2D eigenvalue weighted by Crippen LogP contribution is -2.27. The van der Waals surface area contributed by atoms with Crippen LogP contribution in [0.4, 0.5) is 10.8 Å². The number of aromatic nitrogens is 1. The molecule has 0 fully saturated rings. The standard InChI is InChI=1S/C17H19N3O2S/c1-4-15(21)20-8-7-12-9-13(5-6-14(12)20)16(22)19-17-18-10(2)11(3)23-17/h5-6,9H,4,7-8H2,1-3H3,(H,18,19,22). The molecule has 1 N–H and O–H groups in total. The van der Waals surface area contributed by atoms with E-state index >= 15 is 0 Å². The summed E-state index contributed by atoms with van der Waals surface area (Å²) in [7, 11) is 0. The number of thiazole rings is 1. The van der Waals surface area contributed by atoms with Crippen LogP contribution >= 0.6 is 11.3 Å². The van der Waals surface area contributed by atoms with E-state index in [0.717, 1.165) is 28.2 Å².